The van der Waals surface area contributed by atoms with Crippen molar-refractivity contribution in [3.8, 4) is 11.5 Å². The lowest BCUT2D eigenvalue weighted by molar-refractivity contribution is -0.118. The van der Waals surface area contributed by atoms with Gasteiger partial charge < -0.3 is 19.5 Å². The number of nitrogens with one attached hydrogen (secondary N) is 2. The fourth-order valence-electron chi connectivity index (χ4n) is 3.40. The molecule has 2 N–H and O–H groups in total. The third kappa shape index (κ3) is 4.26. The number of fused-ring (bicyclic) bond motifs is 1. The fourth-order valence-corrected chi connectivity index (χ4v) is 3.92. The number of carbonyl (C=O) groups is 3. The number of esters is 1. The van der Waals surface area contributed by atoms with E-state index in [-0.39, 0.29) is 29.5 Å². The summed E-state index contributed by atoms with van der Waals surface area (Å²) in [5, 5.41) is 7.67. The van der Waals surface area contributed by atoms with Crippen LogP contribution in [0.1, 0.15) is 38.8 Å². The van der Waals surface area contributed by atoms with Gasteiger partial charge in [-0.05, 0) is 24.3 Å². The first kappa shape index (κ1) is 21.3. The third-order valence-electron chi connectivity index (χ3n) is 4.81. The maximum Gasteiger partial charge on any atom is 0.343 e. The molecule has 0 saturated carbocycles. The van der Waals surface area contributed by atoms with Crippen LogP contribution in [-0.2, 0) is 9.53 Å². The van der Waals surface area contributed by atoms with Gasteiger partial charge >= 0.3 is 5.97 Å². The van der Waals surface area contributed by atoms with Crippen LogP contribution in [-0.4, -0.2) is 37.0 Å². The van der Waals surface area contributed by atoms with Gasteiger partial charge in [0, 0.05) is 28.4 Å². The number of hydrogen-bond acceptors (Lipinski definition) is 8. The highest BCUT2D eigenvalue weighted by Crippen LogP contribution is 2.43. The Morgan fingerprint density at radius 3 is 2.72 bits per heavy atom. The van der Waals surface area contributed by atoms with Gasteiger partial charge in [0.1, 0.15) is 11.7 Å². The first-order chi connectivity index (χ1) is 15.5. The zero-order chi connectivity index (χ0) is 22.7. The highest BCUT2D eigenvalue weighted by molar-refractivity contribution is 7.13. The molecule has 2 heterocycles. The monoisotopic (exact) mass is 453 g/mol. The number of carbonyl (C=O) groups excluding carboxylic acids is 3. The number of nitrogens with zero attached hydrogens (tertiary/aromatic N) is 1. The molecular formula is C22H19N3O6S. The molecule has 1 atom stereocenters. The second-order valence-electron chi connectivity index (χ2n) is 6.78. The Morgan fingerprint density at radius 2 is 2.00 bits per heavy atom. The number of benzene rings is 2. The van der Waals surface area contributed by atoms with Crippen LogP contribution in [0.3, 0.4) is 0 Å². The average molecular weight is 453 g/mol. The smallest absolute Gasteiger partial charge is 0.343 e. The molecule has 2 amide bonds. The summed E-state index contributed by atoms with van der Waals surface area (Å²) in [4.78, 5) is 41.4. The predicted octanol–water partition coefficient (Wildman–Crippen LogP) is 3.65. The minimum Gasteiger partial charge on any atom is -0.493 e. The first-order valence-corrected chi connectivity index (χ1v) is 10.4. The molecule has 32 heavy (non-hydrogen) atoms. The van der Waals surface area contributed by atoms with E-state index >= 15 is 0 Å². The van der Waals surface area contributed by atoms with Crippen molar-refractivity contribution in [1.82, 2.24) is 4.98 Å². The van der Waals surface area contributed by atoms with Crippen LogP contribution in [0.5, 0.6) is 11.5 Å². The maximum absolute atomic E-state index is 12.6. The summed E-state index contributed by atoms with van der Waals surface area (Å²) in [6.07, 6.45) is 0.744. The summed E-state index contributed by atoms with van der Waals surface area (Å²) in [5.74, 6) is -0.606. The zero-order valence-electron chi connectivity index (χ0n) is 17.2. The fraction of sp³-hybridized carbons (Fsp3) is 0.182. The highest BCUT2D eigenvalue weighted by atomic mass is 32.1. The van der Waals surface area contributed by atoms with Crippen LogP contribution in [0.2, 0.25) is 0 Å². The number of amides is 2. The molecule has 1 aromatic heterocycles. The van der Waals surface area contributed by atoms with Gasteiger partial charge in [0.15, 0.2) is 16.6 Å². The van der Waals surface area contributed by atoms with Crippen LogP contribution in [0.15, 0.2) is 48.0 Å². The lowest BCUT2D eigenvalue weighted by Crippen LogP contribution is -2.17. The minimum atomic E-state index is -0.756. The molecule has 3 aromatic rings. The molecule has 4 rings (SSSR count). The molecule has 9 nitrogen and oxygen atoms in total. The zero-order valence-corrected chi connectivity index (χ0v) is 18.0. The van der Waals surface area contributed by atoms with Gasteiger partial charge in [-0.2, -0.15) is 0 Å². The minimum absolute atomic E-state index is 0.0935. The average Bonchev–Trinajstić information content (AvgIpc) is 3.41. The molecule has 0 fully saturated rings. The van der Waals surface area contributed by atoms with Crippen molar-refractivity contribution < 1.29 is 28.6 Å². The van der Waals surface area contributed by atoms with Crippen LogP contribution >= 0.6 is 11.3 Å². The number of aromatic nitrogens is 1. The Kier molecular flexibility index (Phi) is 6.04. The van der Waals surface area contributed by atoms with Crippen molar-refractivity contribution in [3.63, 3.8) is 0 Å². The molecule has 0 saturated heterocycles. The van der Waals surface area contributed by atoms with Gasteiger partial charge in [0.05, 0.1) is 20.6 Å². The van der Waals surface area contributed by atoms with Crippen LogP contribution in [0, 0.1) is 0 Å². The quantitative estimate of drug-likeness (QED) is 0.525. The predicted molar refractivity (Wildman–Crippen MR) is 117 cm³/mol. The van der Waals surface area contributed by atoms with E-state index in [2.05, 4.69) is 15.6 Å². The van der Waals surface area contributed by atoms with Gasteiger partial charge in [0.25, 0.3) is 5.91 Å². The van der Waals surface area contributed by atoms with Gasteiger partial charge in [-0.15, -0.1) is 11.3 Å². The molecule has 2 aromatic carbocycles. The summed E-state index contributed by atoms with van der Waals surface area (Å²) < 4.78 is 15.9. The normalized spacial score (nSPS) is 14.3. The molecule has 0 aliphatic carbocycles. The van der Waals surface area contributed by atoms with E-state index in [1.807, 2.05) is 0 Å². The Bertz CT molecular complexity index is 1180. The van der Waals surface area contributed by atoms with E-state index in [1.165, 1.54) is 25.6 Å². The van der Waals surface area contributed by atoms with Gasteiger partial charge in [0.2, 0.25) is 5.91 Å². The summed E-state index contributed by atoms with van der Waals surface area (Å²) >= 11 is 1.31. The largest absolute Gasteiger partial charge is 0.493 e. The van der Waals surface area contributed by atoms with Crippen LogP contribution in [0.25, 0.3) is 0 Å². The Balaban J connectivity index is 1.45. The summed E-state index contributed by atoms with van der Waals surface area (Å²) in [6.45, 7) is 0. The number of cyclic esters (lactones) is 1. The maximum atomic E-state index is 12.6. The second-order valence-corrected chi connectivity index (χ2v) is 7.68. The molecule has 164 valence electrons. The van der Waals surface area contributed by atoms with E-state index in [0.29, 0.717) is 27.7 Å². The summed E-state index contributed by atoms with van der Waals surface area (Å²) in [7, 11) is 2.91. The topological polar surface area (TPSA) is 116 Å². The van der Waals surface area contributed by atoms with Crippen molar-refractivity contribution in [1.29, 1.82) is 0 Å². The number of hydrogen-bond donors (Lipinski definition) is 2. The number of anilines is 2. The summed E-state index contributed by atoms with van der Waals surface area (Å²) in [6, 6.07) is 9.86. The Labute approximate surface area is 187 Å². The van der Waals surface area contributed by atoms with Gasteiger partial charge in [-0.3, -0.25) is 14.9 Å². The van der Waals surface area contributed by atoms with Gasteiger partial charge in [-0.25, -0.2) is 9.78 Å². The van der Waals surface area contributed by atoms with Crippen molar-refractivity contribution in [2.45, 2.75) is 12.5 Å². The Morgan fingerprint density at radius 1 is 1.16 bits per heavy atom. The first-order valence-electron chi connectivity index (χ1n) is 9.56. The van der Waals surface area contributed by atoms with Crippen molar-refractivity contribution in [3.05, 3.63) is 64.7 Å². The van der Waals surface area contributed by atoms with Crippen LogP contribution < -0.4 is 20.1 Å². The molecule has 0 bridgehead atoms. The number of methoxy groups -OCH3 is 2. The highest BCUT2D eigenvalue weighted by Gasteiger charge is 2.36. The third-order valence-corrected chi connectivity index (χ3v) is 5.50. The van der Waals surface area contributed by atoms with E-state index in [4.69, 9.17) is 14.2 Å². The van der Waals surface area contributed by atoms with E-state index < -0.39 is 12.1 Å². The standard InChI is InChI=1S/C22H19N3O6S/c1-29-15-7-6-14-16(31-21(28)18(14)19(15)30-2)11-17(26)24-13-5-3-4-12(10-13)20(27)25-22-23-8-9-32-22/h3-10,16H,11H2,1-2H3,(H,24,26)(H,23,25,27). The van der Waals surface area contributed by atoms with Gasteiger partial charge in [-0.1, -0.05) is 12.1 Å². The summed E-state index contributed by atoms with van der Waals surface area (Å²) in [5.41, 5.74) is 1.62. The molecule has 10 heteroatoms. The Hall–Kier alpha value is -3.92. The van der Waals surface area contributed by atoms with Crippen molar-refractivity contribution in [2.75, 3.05) is 24.9 Å². The van der Waals surface area contributed by atoms with Crippen molar-refractivity contribution >= 4 is 39.9 Å². The molecular weight excluding hydrogens is 434 g/mol. The van der Waals surface area contributed by atoms with Crippen molar-refractivity contribution in [2.24, 2.45) is 0 Å². The lowest BCUT2D eigenvalue weighted by atomic mass is 10.0. The molecule has 0 spiro atoms. The lowest BCUT2D eigenvalue weighted by Gasteiger charge is -2.13. The number of thiazole rings is 1. The molecule has 1 unspecified atom stereocenters. The molecule has 1 aliphatic rings. The van der Waals surface area contributed by atoms with Crippen LogP contribution in [0.4, 0.5) is 10.8 Å². The molecule has 0 radical (unpaired) electrons. The van der Waals surface area contributed by atoms with E-state index in [0.717, 1.165) is 0 Å². The second kappa shape index (κ2) is 9.06. The molecule has 1 aliphatic heterocycles. The van der Waals surface area contributed by atoms with E-state index in [1.54, 1.807) is 48.0 Å². The number of rotatable bonds is 7. The SMILES string of the molecule is COc1ccc2c(c1OC)C(=O)OC2CC(=O)Nc1cccc(C(=O)Nc2nccs2)c1. The van der Waals surface area contributed by atoms with E-state index in [9.17, 15) is 14.4 Å². The number of ether oxygens (including phenoxy) is 3.